The van der Waals surface area contributed by atoms with Crippen molar-refractivity contribution in [2.45, 2.75) is 32.3 Å². The van der Waals surface area contributed by atoms with Crippen molar-refractivity contribution in [3.63, 3.8) is 0 Å². The molecule has 1 fully saturated rings. The second-order valence-corrected chi connectivity index (χ2v) is 3.97. The largest absolute Gasteiger partial charge is 0.364 e. The van der Waals surface area contributed by atoms with Crippen LogP contribution >= 0.6 is 0 Å². The number of ether oxygens (including phenoxy) is 1. The van der Waals surface area contributed by atoms with Crippen molar-refractivity contribution in [2.24, 2.45) is 0 Å². The molecule has 2 N–H and O–H groups in total. The van der Waals surface area contributed by atoms with Crippen molar-refractivity contribution in [3.8, 4) is 0 Å². The third-order valence-electron chi connectivity index (χ3n) is 2.48. The van der Waals surface area contributed by atoms with Gasteiger partial charge in [-0.3, -0.25) is 4.79 Å². The predicted octanol–water partition coefficient (Wildman–Crippen LogP) is 0.281. The molecule has 0 aliphatic carbocycles. The van der Waals surface area contributed by atoms with Crippen molar-refractivity contribution in [3.05, 3.63) is 0 Å². The first-order valence-corrected chi connectivity index (χ1v) is 5.28. The predicted molar refractivity (Wildman–Crippen MR) is 55.1 cm³/mol. The number of hydrogen-bond donors (Lipinski definition) is 2. The van der Waals surface area contributed by atoms with Gasteiger partial charge in [0.1, 0.15) is 6.61 Å². The zero-order chi connectivity index (χ0) is 10.4. The smallest absolute Gasteiger partial charge is 0.246 e. The Morgan fingerprint density at radius 3 is 3.00 bits per heavy atom. The molecular formula is C10H20N2O2. The van der Waals surface area contributed by atoms with Gasteiger partial charge in [0, 0.05) is 13.1 Å². The van der Waals surface area contributed by atoms with E-state index in [0.29, 0.717) is 6.54 Å². The number of hydrogen-bond acceptors (Lipinski definition) is 3. The summed E-state index contributed by atoms with van der Waals surface area (Å²) in [4.78, 5) is 11.2. The number of likely N-dealkylation sites (N-methyl/N-ethyl adjacent to an activating group) is 1. The highest BCUT2D eigenvalue weighted by atomic mass is 16.5. The molecule has 1 saturated heterocycles. The summed E-state index contributed by atoms with van der Waals surface area (Å²) in [7, 11) is 0. The Labute approximate surface area is 85.4 Å². The van der Waals surface area contributed by atoms with Gasteiger partial charge in [0.05, 0.1) is 5.60 Å². The van der Waals surface area contributed by atoms with Crippen LogP contribution in [-0.4, -0.2) is 37.7 Å². The van der Waals surface area contributed by atoms with E-state index in [0.717, 1.165) is 25.9 Å². The van der Waals surface area contributed by atoms with Crippen LogP contribution in [0.15, 0.2) is 0 Å². The maximum absolute atomic E-state index is 11.2. The van der Waals surface area contributed by atoms with Gasteiger partial charge in [-0.15, -0.1) is 0 Å². The highest BCUT2D eigenvalue weighted by Crippen LogP contribution is 2.19. The first-order valence-electron chi connectivity index (χ1n) is 5.28. The molecule has 0 aromatic rings. The number of piperidine rings is 1. The van der Waals surface area contributed by atoms with E-state index in [2.05, 4.69) is 17.6 Å². The zero-order valence-electron chi connectivity index (χ0n) is 9.06. The van der Waals surface area contributed by atoms with Gasteiger partial charge in [0.25, 0.3) is 0 Å². The van der Waals surface area contributed by atoms with Gasteiger partial charge >= 0.3 is 0 Å². The zero-order valence-corrected chi connectivity index (χ0v) is 9.06. The number of nitrogens with one attached hydrogen (secondary N) is 2. The van der Waals surface area contributed by atoms with Crippen LogP contribution in [0.1, 0.15) is 26.7 Å². The summed E-state index contributed by atoms with van der Waals surface area (Å²) in [6.45, 7) is 6.69. The molecular weight excluding hydrogens is 180 g/mol. The average molecular weight is 200 g/mol. The van der Waals surface area contributed by atoms with Crippen LogP contribution < -0.4 is 10.6 Å². The molecule has 1 aliphatic heterocycles. The molecule has 1 unspecified atom stereocenters. The number of amides is 1. The molecule has 0 spiro atoms. The second-order valence-electron chi connectivity index (χ2n) is 3.97. The minimum atomic E-state index is -0.163. The Kier molecular flexibility index (Phi) is 4.35. The van der Waals surface area contributed by atoms with Gasteiger partial charge in [0.2, 0.25) is 5.91 Å². The summed E-state index contributed by atoms with van der Waals surface area (Å²) >= 11 is 0. The van der Waals surface area contributed by atoms with Crippen LogP contribution in [0, 0.1) is 0 Å². The van der Waals surface area contributed by atoms with Gasteiger partial charge in [-0.05, 0) is 33.2 Å². The monoisotopic (exact) mass is 200 g/mol. The standard InChI is InChI=1S/C10H20N2O2/c1-3-12-9(13)7-14-10(2)5-4-6-11-8-10/h11H,3-8H2,1-2H3,(H,12,13). The maximum Gasteiger partial charge on any atom is 0.246 e. The van der Waals surface area contributed by atoms with E-state index < -0.39 is 0 Å². The summed E-state index contributed by atoms with van der Waals surface area (Å²) in [5.41, 5.74) is -0.163. The van der Waals surface area contributed by atoms with Gasteiger partial charge < -0.3 is 15.4 Å². The molecule has 4 nitrogen and oxygen atoms in total. The van der Waals surface area contributed by atoms with Gasteiger partial charge in [-0.1, -0.05) is 0 Å². The first-order chi connectivity index (χ1) is 6.66. The average Bonchev–Trinajstić information content (AvgIpc) is 2.17. The van der Waals surface area contributed by atoms with E-state index in [9.17, 15) is 4.79 Å². The Bertz CT molecular complexity index is 189. The second kappa shape index (κ2) is 5.32. The van der Waals surface area contributed by atoms with Crippen molar-refractivity contribution >= 4 is 5.91 Å². The highest BCUT2D eigenvalue weighted by molar-refractivity contribution is 5.77. The summed E-state index contributed by atoms with van der Waals surface area (Å²) in [6, 6.07) is 0. The molecule has 1 aliphatic rings. The van der Waals surface area contributed by atoms with Crippen LogP contribution in [0.5, 0.6) is 0 Å². The van der Waals surface area contributed by atoms with Crippen molar-refractivity contribution in [1.82, 2.24) is 10.6 Å². The van der Waals surface area contributed by atoms with Gasteiger partial charge in [-0.2, -0.15) is 0 Å². The molecule has 1 atom stereocenters. The fourth-order valence-corrected chi connectivity index (χ4v) is 1.64. The Morgan fingerprint density at radius 2 is 2.43 bits per heavy atom. The minimum Gasteiger partial charge on any atom is -0.364 e. The molecule has 1 heterocycles. The molecule has 0 saturated carbocycles. The van der Waals surface area contributed by atoms with E-state index >= 15 is 0 Å². The molecule has 82 valence electrons. The summed E-state index contributed by atoms with van der Waals surface area (Å²) in [5.74, 6) is -0.0284. The molecule has 0 aromatic carbocycles. The fraction of sp³-hybridized carbons (Fsp3) is 0.900. The van der Waals surface area contributed by atoms with Crippen molar-refractivity contribution in [1.29, 1.82) is 0 Å². The molecule has 1 rings (SSSR count). The van der Waals surface area contributed by atoms with Gasteiger partial charge in [-0.25, -0.2) is 0 Å². The third-order valence-corrected chi connectivity index (χ3v) is 2.48. The SMILES string of the molecule is CCNC(=O)COC1(C)CCCNC1. The quantitative estimate of drug-likeness (QED) is 0.685. The topological polar surface area (TPSA) is 50.4 Å². The first kappa shape index (κ1) is 11.5. The molecule has 1 amide bonds. The lowest BCUT2D eigenvalue weighted by Gasteiger charge is -2.33. The lowest BCUT2D eigenvalue weighted by atomic mass is 9.96. The lowest BCUT2D eigenvalue weighted by Crippen LogP contribution is -2.47. The minimum absolute atomic E-state index is 0.0284. The molecule has 4 heteroatoms. The molecule has 0 radical (unpaired) electrons. The summed E-state index contributed by atoms with van der Waals surface area (Å²) in [6.07, 6.45) is 2.14. The van der Waals surface area contributed by atoms with E-state index in [1.165, 1.54) is 0 Å². The van der Waals surface area contributed by atoms with Crippen LogP contribution in [0.2, 0.25) is 0 Å². The number of carbonyl (C=O) groups is 1. The number of carbonyl (C=O) groups excluding carboxylic acids is 1. The lowest BCUT2D eigenvalue weighted by molar-refractivity contribution is -0.133. The molecule has 0 aromatic heterocycles. The highest BCUT2D eigenvalue weighted by Gasteiger charge is 2.27. The Morgan fingerprint density at radius 1 is 1.64 bits per heavy atom. The summed E-state index contributed by atoms with van der Waals surface area (Å²) in [5, 5.41) is 5.99. The van der Waals surface area contributed by atoms with Crippen LogP contribution in [0.3, 0.4) is 0 Å². The normalized spacial score (nSPS) is 27.3. The van der Waals surface area contributed by atoms with E-state index in [4.69, 9.17) is 4.74 Å². The van der Waals surface area contributed by atoms with Crippen LogP contribution in [-0.2, 0) is 9.53 Å². The fourth-order valence-electron chi connectivity index (χ4n) is 1.64. The number of rotatable bonds is 4. The molecule has 0 bridgehead atoms. The van der Waals surface area contributed by atoms with E-state index in [1.807, 2.05) is 6.92 Å². The van der Waals surface area contributed by atoms with Crippen LogP contribution in [0.25, 0.3) is 0 Å². The van der Waals surface area contributed by atoms with Crippen LogP contribution in [0.4, 0.5) is 0 Å². The molecule has 14 heavy (non-hydrogen) atoms. The van der Waals surface area contributed by atoms with E-state index in [1.54, 1.807) is 0 Å². The van der Waals surface area contributed by atoms with Crippen molar-refractivity contribution in [2.75, 3.05) is 26.2 Å². The van der Waals surface area contributed by atoms with Gasteiger partial charge in [0.15, 0.2) is 0 Å². The van der Waals surface area contributed by atoms with E-state index in [-0.39, 0.29) is 18.1 Å². The van der Waals surface area contributed by atoms with Crippen molar-refractivity contribution < 1.29 is 9.53 Å². The Hall–Kier alpha value is -0.610. The third kappa shape index (κ3) is 3.64. The maximum atomic E-state index is 11.2. The summed E-state index contributed by atoms with van der Waals surface area (Å²) < 4.78 is 5.61. The Balaban J connectivity index is 2.24.